The van der Waals surface area contributed by atoms with Crippen LogP contribution in [0.4, 0.5) is 11.4 Å². The number of anilines is 2. The molecule has 0 aromatic heterocycles. The van der Waals surface area contributed by atoms with E-state index in [1.165, 1.54) is 0 Å². The summed E-state index contributed by atoms with van der Waals surface area (Å²) in [4.78, 5) is 28.1. The van der Waals surface area contributed by atoms with Gasteiger partial charge in [0.15, 0.2) is 0 Å². The molecule has 1 N–H and O–H groups in total. The molecule has 2 amide bonds. The van der Waals surface area contributed by atoms with Crippen LogP contribution in [-0.4, -0.2) is 30.7 Å². The van der Waals surface area contributed by atoms with Crippen molar-refractivity contribution in [1.29, 1.82) is 0 Å². The van der Waals surface area contributed by atoms with E-state index in [1.54, 1.807) is 40.9 Å². The minimum atomic E-state index is -0.639. The Morgan fingerprint density at radius 2 is 2.03 bits per heavy atom. The summed E-state index contributed by atoms with van der Waals surface area (Å²) < 4.78 is 5.87. The SMILES string of the molecule is C=CCN1C(=O)C(C)(C)COc2ccc(NC(=O)CCSc3ccccc3)cc21. The molecule has 0 saturated carbocycles. The number of nitrogens with zero attached hydrogens (tertiary/aromatic N) is 1. The maximum atomic E-state index is 12.9. The van der Waals surface area contributed by atoms with Crippen LogP contribution in [-0.2, 0) is 9.59 Å². The Labute approximate surface area is 176 Å². The van der Waals surface area contributed by atoms with Crippen molar-refractivity contribution in [1.82, 2.24) is 0 Å². The molecule has 0 aliphatic carbocycles. The Kier molecular flexibility index (Phi) is 6.64. The van der Waals surface area contributed by atoms with Crippen molar-refractivity contribution in [2.24, 2.45) is 5.41 Å². The van der Waals surface area contributed by atoms with E-state index in [0.717, 1.165) is 4.90 Å². The molecule has 1 heterocycles. The molecule has 0 spiro atoms. The second-order valence-corrected chi connectivity index (χ2v) is 8.69. The van der Waals surface area contributed by atoms with E-state index in [9.17, 15) is 9.59 Å². The van der Waals surface area contributed by atoms with Crippen LogP contribution in [0.1, 0.15) is 20.3 Å². The van der Waals surface area contributed by atoms with E-state index in [2.05, 4.69) is 11.9 Å². The minimum absolute atomic E-state index is 0.0288. The van der Waals surface area contributed by atoms with E-state index in [-0.39, 0.29) is 11.8 Å². The van der Waals surface area contributed by atoms with Gasteiger partial charge in [-0.3, -0.25) is 9.59 Å². The fraction of sp³-hybridized carbons (Fsp3) is 0.304. The second-order valence-electron chi connectivity index (χ2n) is 7.52. The molecule has 1 aliphatic rings. The van der Waals surface area contributed by atoms with Gasteiger partial charge in [0.25, 0.3) is 0 Å². The number of fused-ring (bicyclic) bond motifs is 1. The lowest BCUT2D eigenvalue weighted by Gasteiger charge is -2.27. The summed E-state index contributed by atoms with van der Waals surface area (Å²) in [7, 11) is 0. The van der Waals surface area contributed by atoms with Gasteiger partial charge >= 0.3 is 0 Å². The number of amides is 2. The summed E-state index contributed by atoms with van der Waals surface area (Å²) >= 11 is 1.65. The maximum Gasteiger partial charge on any atom is 0.236 e. The summed E-state index contributed by atoms with van der Waals surface area (Å²) in [6.07, 6.45) is 2.09. The highest BCUT2D eigenvalue weighted by atomic mass is 32.2. The lowest BCUT2D eigenvalue weighted by atomic mass is 9.93. The van der Waals surface area contributed by atoms with Crippen LogP contribution < -0.4 is 15.0 Å². The Morgan fingerprint density at radius 1 is 1.28 bits per heavy atom. The Bertz CT molecular complexity index is 896. The largest absolute Gasteiger partial charge is 0.490 e. The number of carbonyl (C=O) groups is 2. The summed E-state index contributed by atoms with van der Waals surface area (Å²) in [6.45, 7) is 8.17. The Morgan fingerprint density at radius 3 is 2.76 bits per heavy atom. The van der Waals surface area contributed by atoms with Gasteiger partial charge in [0.2, 0.25) is 11.8 Å². The third kappa shape index (κ3) is 5.21. The summed E-state index contributed by atoms with van der Waals surface area (Å²) in [5.74, 6) is 1.23. The number of ether oxygens (including phenoxy) is 1. The number of benzene rings is 2. The quantitative estimate of drug-likeness (QED) is 0.529. The van der Waals surface area contributed by atoms with Gasteiger partial charge in [-0.25, -0.2) is 0 Å². The molecule has 0 unspecified atom stereocenters. The minimum Gasteiger partial charge on any atom is -0.490 e. The van der Waals surface area contributed by atoms with E-state index in [1.807, 2.05) is 44.2 Å². The molecule has 152 valence electrons. The molecule has 0 atom stereocenters. The van der Waals surface area contributed by atoms with Crippen molar-refractivity contribution in [3.63, 3.8) is 0 Å². The maximum absolute atomic E-state index is 12.9. The zero-order valence-corrected chi connectivity index (χ0v) is 17.6. The van der Waals surface area contributed by atoms with Gasteiger partial charge in [0, 0.05) is 29.3 Å². The molecular weight excluding hydrogens is 384 g/mol. The van der Waals surface area contributed by atoms with E-state index in [4.69, 9.17) is 4.74 Å². The van der Waals surface area contributed by atoms with Crippen molar-refractivity contribution in [3.8, 4) is 5.75 Å². The van der Waals surface area contributed by atoms with Crippen molar-refractivity contribution in [3.05, 3.63) is 61.2 Å². The number of carbonyl (C=O) groups excluding carboxylic acids is 2. The zero-order valence-electron chi connectivity index (χ0n) is 16.8. The smallest absolute Gasteiger partial charge is 0.236 e. The lowest BCUT2D eigenvalue weighted by Crippen LogP contribution is -2.42. The van der Waals surface area contributed by atoms with Crippen LogP contribution >= 0.6 is 11.8 Å². The van der Waals surface area contributed by atoms with Crippen molar-refractivity contribution in [2.45, 2.75) is 25.2 Å². The molecule has 2 aromatic rings. The summed E-state index contributed by atoms with van der Waals surface area (Å²) in [5, 5.41) is 2.93. The third-order valence-corrected chi connectivity index (χ3v) is 5.61. The summed E-state index contributed by atoms with van der Waals surface area (Å²) in [5.41, 5.74) is 0.653. The normalized spacial score (nSPS) is 15.1. The van der Waals surface area contributed by atoms with Crippen LogP contribution in [0.2, 0.25) is 0 Å². The third-order valence-electron chi connectivity index (χ3n) is 4.60. The first-order valence-corrected chi connectivity index (χ1v) is 10.6. The molecule has 5 nitrogen and oxygen atoms in total. The van der Waals surface area contributed by atoms with Gasteiger partial charge in [-0.15, -0.1) is 18.3 Å². The van der Waals surface area contributed by atoms with Crippen LogP contribution in [0.5, 0.6) is 5.75 Å². The van der Waals surface area contributed by atoms with Gasteiger partial charge in [-0.1, -0.05) is 24.3 Å². The first-order chi connectivity index (χ1) is 13.9. The first-order valence-electron chi connectivity index (χ1n) is 9.58. The van der Waals surface area contributed by atoms with Gasteiger partial charge in [0.05, 0.1) is 11.1 Å². The molecule has 3 rings (SSSR count). The Hall–Kier alpha value is -2.73. The molecular formula is C23H26N2O3S. The van der Waals surface area contributed by atoms with Crippen LogP contribution in [0.25, 0.3) is 0 Å². The van der Waals surface area contributed by atoms with Crippen molar-refractivity contribution in [2.75, 3.05) is 29.1 Å². The predicted molar refractivity (Wildman–Crippen MR) is 119 cm³/mol. The van der Waals surface area contributed by atoms with Gasteiger partial charge in [0.1, 0.15) is 12.4 Å². The number of hydrogen-bond donors (Lipinski definition) is 1. The molecule has 0 radical (unpaired) electrons. The van der Waals surface area contributed by atoms with Gasteiger partial charge in [-0.2, -0.15) is 0 Å². The average Bonchev–Trinajstić information content (AvgIpc) is 2.79. The van der Waals surface area contributed by atoms with E-state index in [0.29, 0.717) is 42.4 Å². The van der Waals surface area contributed by atoms with Crippen LogP contribution in [0.15, 0.2) is 66.1 Å². The van der Waals surface area contributed by atoms with Crippen LogP contribution in [0, 0.1) is 5.41 Å². The number of hydrogen-bond acceptors (Lipinski definition) is 4. The van der Waals surface area contributed by atoms with Crippen molar-refractivity contribution >= 4 is 35.0 Å². The predicted octanol–water partition coefficient (Wildman–Crippen LogP) is 4.75. The summed E-state index contributed by atoms with van der Waals surface area (Å²) in [6, 6.07) is 15.4. The standard InChI is InChI=1S/C23H26N2O3S/c1-4-13-25-19-15-17(10-11-20(19)28-16-23(2,3)22(25)27)24-21(26)12-14-29-18-8-6-5-7-9-18/h4-11,15H,1,12-14,16H2,2-3H3,(H,24,26). The second kappa shape index (κ2) is 9.18. The molecule has 1 aliphatic heterocycles. The van der Waals surface area contributed by atoms with Gasteiger partial charge in [-0.05, 0) is 44.2 Å². The van der Waals surface area contributed by atoms with Crippen LogP contribution in [0.3, 0.4) is 0 Å². The molecule has 0 fully saturated rings. The monoisotopic (exact) mass is 410 g/mol. The molecule has 0 bridgehead atoms. The lowest BCUT2D eigenvalue weighted by molar-refractivity contribution is -0.127. The molecule has 0 saturated heterocycles. The van der Waals surface area contributed by atoms with E-state index < -0.39 is 5.41 Å². The fourth-order valence-corrected chi connectivity index (χ4v) is 3.91. The number of thioether (sulfide) groups is 1. The molecule has 29 heavy (non-hydrogen) atoms. The van der Waals surface area contributed by atoms with Gasteiger partial charge < -0.3 is 15.0 Å². The van der Waals surface area contributed by atoms with Crippen molar-refractivity contribution < 1.29 is 14.3 Å². The first kappa shape index (κ1) is 21.0. The zero-order chi connectivity index (χ0) is 20.9. The Balaban J connectivity index is 1.69. The molecule has 2 aromatic carbocycles. The number of rotatable bonds is 7. The highest BCUT2D eigenvalue weighted by Gasteiger charge is 2.37. The highest BCUT2D eigenvalue weighted by Crippen LogP contribution is 2.38. The fourth-order valence-electron chi connectivity index (χ4n) is 3.03. The topological polar surface area (TPSA) is 58.6 Å². The number of nitrogens with one attached hydrogen (secondary N) is 1. The molecule has 6 heteroatoms. The average molecular weight is 411 g/mol. The highest BCUT2D eigenvalue weighted by molar-refractivity contribution is 7.99. The van der Waals surface area contributed by atoms with E-state index >= 15 is 0 Å².